The topological polar surface area (TPSA) is 0 Å². The molecule has 0 unspecified atom stereocenters. The third-order valence-corrected chi connectivity index (χ3v) is 4.48. The van der Waals surface area contributed by atoms with E-state index in [0.717, 1.165) is 0 Å². The molecule has 0 aromatic rings. The molecule has 0 aliphatic rings. The van der Waals surface area contributed by atoms with Gasteiger partial charge in [-0.1, -0.05) is 0 Å². The highest BCUT2D eigenvalue weighted by atomic mass is 127. The number of allylic oxidation sites excluding steroid dienone is 1. The molecule has 0 amide bonds. The maximum absolute atomic E-state index is 2.30. The minimum atomic E-state index is 1.35. The average Bonchev–Trinajstić information content (AvgIpc) is 1.36. The van der Waals surface area contributed by atoms with Gasteiger partial charge in [-0.3, -0.25) is 0 Å². The van der Waals surface area contributed by atoms with Gasteiger partial charge >= 0.3 is 0 Å². The Hall–Kier alpha value is 1.93. The number of halogens is 3. The molecule has 0 rings (SSSR count). The smallest absolute Gasteiger partial charge is 0.0478 e. The number of rotatable bonds is 0. The molecule has 0 N–H and O–H groups in total. The summed E-state index contributed by atoms with van der Waals surface area (Å²) in [6.07, 6.45) is 0. The molecule has 0 nitrogen and oxygen atoms in total. The zero-order chi connectivity index (χ0) is 5.15. The van der Waals surface area contributed by atoms with E-state index in [2.05, 4.69) is 74.7 Å². The zero-order valence-corrected chi connectivity index (χ0v) is 9.61. The summed E-state index contributed by atoms with van der Waals surface area (Å²) < 4.78 is 2.72. The van der Waals surface area contributed by atoms with Crippen LogP contribution in [0.2, 0.25) is 0 Å². The van der Waals surface area contributed by atoms with E-state index in [1.165, 1.54) is 5.17 Å². The van der Waals surface area contributed by atoms with E-state index in [9.17, 15) is 0 Å². The number of hydrogen-bond acceptors (Lipinski definition) is 0. The van der Waals surface area contributed by atoms with Gasteiger partial charge in [-0.25, -0.2) is 0 Å². The normalized spacial score (nSPS) is 8.00. The minimum Gasteiger partial charge on any atom is -0.0478 e. The van der Waals surface area contributed by atoms with Gasteiger partial charge in [-0.15, -0.1) is 0 Å². The van der Waals surface area contributed by atoms with Crippen molar-refractivity contribution in [3.63, 3.8) is 0 Å². The molecule has 0 aliphatic carbocycles. The lowest BCUT2D eigenvalue weighted by Gasteiger charge is -1.80. The molecule has 0 saturated heterocycles. The zero-order valence-electron chi connectivity index (χ0n) is 3.13. The molecule has 0 aromatic carbocycles. The van der Waals surface area contributed by atoms with Crippen LogP contribution in [0.25, 0.3) is 0 Å². The lowest BCUT2D eigenvalue weighted by atomic mass is 10.8. The predicted octanol–water partition coefficient (Wildman–Crippen LogP) is 3.48. The van der Waals surface area contributed by atoms with Crippen molar-refractivity contribution in [3.8, 4) is 0 Å². The lowest BCUT2D eigenvalue weighted by molar-refractivity contribution is 1.76. The molecule has 0 fully saturated rings. The SMILES string of the molecule is CC(I)=C(I)I. The first-order valence-electron chi connectivity index (χ1n) is 1.32. The van der Waals surface area contributed by atoms with Crippen molar-refractivity contribution in [2.24, 2.45) is 0 Å². The summed E-state index contributed by atoms with van der Waals surface area (Å²) in [5.74, 6) is 0. The van der Waals surface area contributed by atoms with Gasteiger partial charge in [0.15, 0.2) is 0 Å². The molecular weight excluding hydrogens is 417 g/mol. The second-order valence-corrected chi connectivity index (χ2v) is 6.63. The van der Waals surface area contributed by atoms with E-state index in [4.69, 9.17) is 0 Å². The highest BCUT2D eigenvalue weighted by Crippen LogP contribution is 2.23. The Kier molecular flexibility index (Phi) is 5.12. The van der Waals surface area contributed by atoms with E-state index in [-0.39, 0.29) is 0 Å². The Morgan fingerprint density at radius 2 is 1.33 bits per heavy atom. The van der Waals surface area contributed by atoms with E-state index in [0.29, 0.717) is 0 Å². The summed E-state index contributed by atoms with van der Waals surface area (Å²) in [5.41, 5.74) is 0. The lowest BCUT2D eigenvalue weighted by Crippen LogP contribution is -1.49. The Labute approximate surface area is 78.6 Å². The second-order valence-electron chi connectivity index (χ2n) is 0.794. The summed E-state index contributed by atoms with van der Waals surface area (Å²) in [6.45, 7) is 2.09. The second kappa shape index (κ2) is 3.88. The molecule has 0 aromatic heterocycles. The standard InChI is InChI=1S/C3H3I3/c1-2(4)3(5)6/h1H3. The van der Waals surface area contributed by atoms with Crippen molar-refractivity contribution in [1.82, 2.24) is 0 Å². The van der Waals surface area contributed by atoms with E-state index in [1.807, 2.05) is 0 Å². The van der Waals surface area contributed by atoms with Crippen LogP contribution in [0.5, 0.6) is 0 Å². The van der Waals surface area contributed by atoms with E-state index >= 15 is 0 Å². The Balaban J connectivity index is 3.68. The number of hydrogen-bond donors (Lipinski definition) is 0. The third kappa shape index (κ3) is 4.10. The first kappa shape index (κ1) is 7.93. The predicted molar refractivity (Wildman–Crippen MR) is 54.8 cm³/mol. The first-order chi connectivity index (χ1) is 2.64. The highest BCUT2D eigenvalue weighted by molar-refractivity contribution is 14.2. The fraction of sp³-hybridized carbons (Fsp3) is 0.333. The Bertz CT molecular complexity index is 56.1. The van der Waals surface area contributed by atoms with Crippen LogP contribution in [0.15, 0.2) is 5.17 Å². The van der Waals surface area contributed by atoms with Crippen LogP contribution in [0.1, 0.15) is 6.92 Å². The first-order valence-corrected chi connectivity index (χ1v) is 4.55. The van der Waals surface area contributed by atoms with Gasteiger partial charge in [0, 0.05) is 3.58 Å². The summed E-state index contributed by atoms with van der Waals surface area (Å²) in [5, 5.41) is 0. The van der Waals surface area contributed by atoms with Gasteiger partial charge in [0.05, 0.1) is 1.59 Å². The van der Waals surface area contributed by atoms with Crippen molar-refractivity contribution in [2.45, 2.75) is 6.92 Å². The highest BCUT2D eigenvalue weighted by Gasteiger charge is 1.82. The van der Waals surface area contributed by atoms with Gasteiger partial charge in [-0.2, -0.15) is 0 Å². The fourth-order valence-corrected chi connectivity index (χ4v) is 0. The van der Waals surface area contributed by atoms with Gasteiger partial charge in [-0.05, 0) is 74.7 Å². The maximum atomic E-state index is 2.30. The van der Waals surface area contributed by atoms with Crippen LogP contribution in [0.4, 0.5) is 0 Å². The largest absolute Gasteiger partial charge is 0.0603 e. The molecule has 6 heavy (non-hydrogen) atoms. The van der Waals surface area contributed by atoms with Crippen LogP contribution in [0, 0.1) is 0 Å². The Morgan fingerprint density at radius 3 is 1.33 bits per heavy atom. The third-order valence-electron chi connectivity index (χ3n) is 0.260. The minimum absolute atomic E-state index is 1.35. The van der Waals surface area contributed by atoms with Crippen molar-refractivity contribution in [2.75, 3.05) is 0 Å². The van der Waals surface area contributed by atoms with Crippen molar-refractivity contribution in [3.05, 3.63) is 5.17 Å². The summed E-state index contributed by atoms with van der Waals surface area (Å²) in [6, 6.07) is 0. The quantitative estimate of drug-likeness (QED) is 0.527. The molecule has 0 saturated carbocycles. The fourth-order valence-electron chi connectivity index (χ4n) is 0. The molecule has 3 heteroatoms. The van der Waals surface area contributed by atoms with Gasteiger partial charge in [0.2, 0.25) is 0 Å². The van der Waals surface area contributed by atoms with Gasteiger partial charge in [0.25, 0.3) is 0 Å². The van der Waals surface area contributed by atoms with Crippen molar-refractivity contribution < 1.29 is 0 Å². The molecule has 0 radical (unpaired) electrons. The van der Waals surface area contributed by atoms with Gasteiger partial charge in [0.1, 0.15) is 0 Å². The molecule has 0 heterocycles. The van der Waals surface area contributed by atoms with E-state index < -0.39 is 0 Å². The van der Waals surface area contributed by atoms with Crippen LogP contribution in [-0.2, 0) is 0 Å². The Morgan fingerprint density at radius 1 is 1.17 bits per heavy atom. The molecule has 0 spiro atoms. The summed E-state index contributed by atoms with van der Waals surface area (Å²) in [7, 11) is 0. The van der Waals surface area contributed by atoms with E-state index in [1.54, 1.807) is 0 Å². The summed E-state index contributed by atoms with van der Waals surface area (Å²) >= 11 is 6.88. The molecule has 36 valence electrons. The van der Waals surface area contributed by atoms with Crippen molar-refractivity contribution >= 4 is 67.8 Å². The summed E-state index contributed by atoms with van der Waals surface area (Å²) in [4.78, 5) is 0. The van der Waals surface area contributed by atoms with Crippen LogP contribution in [0.3, 0.4) is 0 Å². The molecular formula is C3H3I3. The molecule has 0 bridgehead atoms. The van der Waals surface area contributed by atoms with Gasteiger partial charge < -0.3 is 0 Å². The van der Waals surface area contributed by atoms with Crippen molar-refractivity contribution in [1.29, 1.82) is 0 Å². The van der Waals surface area contributed by atoms with Crippen LogP contribution in [-0.4, -0.2) is 0 Å². The monoisotopic (exact) mass is 420 g/mol. The average molecular weight is 420 g/mol. The van der Waals surface area contributed by atoms with Crippen LogP contribution < -0.4 is 0 Å². The van der Waals surface area contributed by atoms with Crippen LogP contribution >= 0.6 is 67.8 Å². The maximum Gasteiger partial charge on any atom is 0.0603 e. The molecule has 0 atom stereocenters. The molecule has 0 aliphatic heterocycles.